The summed E-state index contributed by atoms with van der Waals surface area (Å²) in [7, 11) is 0. The number of hydrogen-bond donors (Lipinski definition) is 1. The summed E-state index contributed by atoms with van der Waals surface area (Å²) in [6.45, 7) is 3.40. The predicted octanol–water partition coefficient (Wildman–Crippen LogP) is 0.483. The summed E-state index contributed by atoms with van der Waals surface area (Å²) >= 11 is 0. The second kappa shape index (κ2) is 2.88. The van der Waals surface area contributed by atoms with Crippen LogP contribution >= 0.6 is 0 Å². The third kappa shape index (κ3) is 1.41. The van der Waals surface area contributed by atoms with Crippen LogP contribution in [0.3, 0.4) is 0 Å². The van der Waals surface area contributed by atoms with Gasteiger partial charge in [-0.3, -0.25) is 9.97 Å². The summed E-state index contributed by atoms with van der Waals surface area (Å²) in [5, 5.41) is 8.73. The van der Waals surface area contributed by atoms with Crippen LogP contribution in [-0.2, 0) is 5.54 Å². The maximum atomic E-state index is 8.73. The molecule has 0 aliphatic heterocycles. The first-order valence-electron chi connectivity index (χ1n) is 3.56. The molecule has 0 amide bonds. The highest BCUT2D eigenvalue weighted by Crippen LogP contribution is 2.15. The van der Waals surface area contributed by atoms with Gasteiger partial charge in [-0.2, -0.15) is 5.26 Å². The first-order valence-corrected chi connectivity index (χ1v) is 3.56. The number of nitrogens with two attached hydrogens (primary N) is 1. The number of aryl methyl sites for hydroxylation is 1. The summed E-state index contributed by atoms with van der Waals surface area (Å²) in [6.07, 6.45) is 3.11. The van der Waals surface area contributed by atoms with Gasteiger partial charge in [0.25, 0.3) is 0 Å². The van der Waals surface area contributed by atoms with Crippen molar-refractivity contribution in [1.82, 2.24) is 9.97 Å². The Morgan fingerprint density at radius 1 is 1.50 bits per heavy atom. The number of nitrogens with zero attached hydrogens (tertiary/aromatic N) is 3. The van der Waals surface area contributed by atoms with E-state index in [9.17, 15) is 0 Å². The second-order valence-electron chi connectivity index (χ2n) is 2.80. The molecule has 0 fully saturated rings. The van der Waals surface area contributed by atoms with Crippen LogP contribution in [0.4, 0.5) is 0 Å². The van der Waals surface area contributed by atoms with Gasteiger partial charge in [0.15, 0.2) is 0 Å². The van der Waals surface area contributed by atoms with Crippen molar-refractivity contribution >= 4 is 0 Å². The van der Waals surface area contributed by atoms with Crippen molar-refractivity contribution in [2.75, 3.05) is 0 Å². The third-order valence-electron chi connectivity index (χ3n) is 1.61. The SMILES string of the molecule is Cc1nccnc1C(C)(N)C#N. The summed E-state index contributed by atoms with van der Waals surface area (Å²) in [6, 6.07) is 1.97. The molecule has 0 saturated heterocycles. The molecule has 0 bridgehead atoms. The van der Waals surface area contributed by atoms with E-state index in [1.807, 2.05) is 6.07 Å². The Morgan fingerprint density at radius 3 is 2.58 bits per heavy atom. The normalized spacial score (nSPS) is 14.8. The zero-order chi connectivity index (χ0) is 9.19. The van der Waals surface area contributed by atoms with Gasteiger partial charge in [0.2, 0.25) is 0 Å². The molecule has 1 atom stereocenters. The highest BCUT2D eigenvalue weighted by Gasteiger charge is 2.24. The fourth-order valence-corrected chi connectivity index (χ4v) is 0.970. The Labute approximate surface area is 71.1 Å². The molecule has 4 nitrogen and oxygen atoms in total. The minimum absolute atomic E-state index is 0.535. The van der Waals surface area contributed by atoms with E-state index in [0.29, 0.717) is 11.4 Å². The monoisotopic (exact) mass is 162 g/mol. The fourth-order valence-electron chi connectivity index (χ4n) is 0.970. The van der Waals surface area contributed by atoms with Gasteiger partial charge >= 0.3 is 0 Å². The van der Waals surface area contributed by atoms with Crippen LogP contribution in [0.5, 0.6) is 0 Å². The van der Waals surface area contributed by atoms with Crippen molar-refractivity contribution < 1.29 is 0 Å². The molecule has 62 valence electrons. The summed E-state index contributed by atoms with van der Waals surface area (Å²) in [4.78, 5) is 8.01. The summed E-state index contributed by atoms with van der Waals surface area (Å²) < 4.78 is 0. The first-order chi connectivity index (χ1) is 5.58. The molecule has 1 heterocycles. The number of hydrogen-bond acceptors (Lipinski definition) is 4. The van der Waals surface area contributed by atoms with Crippen LogP contribution in [0.2, 0.25) is 0 Å². The van der Waals surface area contributed by atoms with Gasteiger partial charge in [0, 0.05) is 12.4 Å². The number of aromatic nitrogens is 2. The number of nitriles is 1. The molecule has 1 aromatic rings. The van der Waals surface area contributed by atoms with Gasteiger partial charge in [-0.15, -0.1) is 0 Å². The van der Waals surface area contributed by atoms with Gasteiger partial charge in [0.1, 0.15) is 5.54 Å². The van der Waals surface area contributed by atoms with Crippen LogP contribution in [0.1, 0.15) is 18.3 Å². The van der Waals surface area contributed by atoms with E-state index < -0.39 is 5.54 Å². The van der Waals surface area contributed by atoms with Crippen LogP contribution < -0.4 is 5.73 Å². The van der Waals surface area contributed by atoms with E-state index >= 15 is 0 Å². The molecular weight excluding hydrogens is 152 g/mol. The smallest absolute Gasteiger partial charge is 0.145 e. The van der Waals surface area contributed by atoms with Gasteiger partial charge in [-0.05, 0) is 13.8 Å². The average molecular weight is 162 g/mol. The quantitative estimate of drug-likeness (QED) is 0.651. The molecular formula is C8H10N4. The Morgan fingerprint density at radius 2 is 2.08 bits per heavy atom. The molecule has 0 spiro atoms. The second-order valence-corrected chi connectivity index (χ2v) is 2.80. The highest BCUT2D eigenvalue weighted by molar-refractivity contribution is 5.25. The lowest BCUT2D eigenvalue weighted by atomic mass is 10.00. The maximum absolute atomic E-state index is 8.73. The van der Waals surface area contributed by atoms with Gasteiger partial charge in [-0.25, -0.2) is 0 Å². The van der Waals surface area contributed by atoms with Crippen LogP contribution in [-0.4, -0.2) is 9.97 Å². The zero-order valence-corrected chi connectivity index (χ0v) is 7.07. The van der Waals surface area contributed by atoms with Crippen LogP contribution in [0, 0.1) is 18.3 Å². The van der Waals surface area contributed by atoms with E-state index in [1.54, 1.807) is 20.0 Å². The van der Waals surface area contributed by atoms with Crippen molar-refractivity contribution in [1.29, 1.82) is 5.26 Å². The van der Waals surface area contributed by atoms with Crippen LogP contribution in [0.15, 0.2) is 12.4 Å². The van der Waals surface area contributed by atoms with Crippen molar-refractivity contribution in [3.8, 4) is 6.07 Å². The van der Waals surface area contributed by atoms with E-state index in [2.05, 4.69) is 9.97 Å². The average Bonchev–Trinajstić information content (AvgIpc) is 2.05. The molecule has 0 aromatic carbocycles. The Hall–Kier alpha value is -1.47. The molecule has 1 rings (SSSR count). The molecule has 0 saturated carbocycles. The lowest BCUT2D eigenvalue weighted by Gasteiger charge is -2.15. The van der Waals surface area contributed by atoms with Gasteiger partial charge in [-0.1, -0.05) is 0 Å². The molecule has 0 radical (unpaired) electrons. The zero-order valence-electron chi connectivity index (χ0n) is 7.07. The molecule has 12 heavy (non-hydrogen) atoms. The molecule has 1 aromatic heterocycles. The van der Waals surface area contributed by atoms with E-state index in [-0.39, 0.29) is 0 Å². The van der Waals surface area contributed by atoms with Crippen molar-refractivity contribution in [3.05, 3.63) is 23.8 Å². The Kier molecular flexibility index (Phi) is 2.07. The van der Waals surface area contributed by atoms with E-state index in [1.165, 1.54) is 6.20 Å². The van der Waals surface area contributed by atoms with E-state index in [4.69, 9.17) is 11.0 Å². The lowest BCUT2D eigenvalue weighted by Crippen LogP contribution is -2.33. The topological polar surface area (TPSA) is 75.6 Å². The molecule has 1 unspecified atom stereocenters. The lowest BCUT2D eigenvalue weighted by molar-refractivity contribution is 0.611. The van der Waals surface area contributed by atoms with Crippen LogP contribution in [0.25, 0.3) is 0 Å². The summed E-state index contributed by atoms with van der Waals surface area (Å²) in [5.74, 6) is 0. The first kappa shape index (κ1) is 8.62. The van der Waals surface area contributed by atoms with Crippen molar-refractivity contribution in [2.24, 2.45) is 5.73 Å². The third-order valence-corrected chi connectivity index (χ3v) is 1.61. The molecule has 0 aliphatic rings. The highest BCUT2D eigenvalue weighted by atomic mass is 14.9. The van der Waals surface area contributed by atoms with Crippen molar-refractivity contribution in [3.63, 3.8) is 0 Å². The Balaban J connectivity index is 3.22. The number of rotatable bonds is 1. The standard InChI is InChI=1S/C8H10N4/c1-6-7(8(2,10)5-9)12-4-3-11-6/h3-4H,10H2,1-2H3. The fraction of sp³-hybridized carbons (Fsp3) is 0.375. The van der Waals surface area contributed by atoms with Crippen molar-refractivity contribution in [2.45, 2.75) is 19.4 Å². The predicted molar refractivity (Wildman–Crippen MR) is 43.9 cm³/mol. The van der Waals surface area contributed by atoms with Gasteiger partial charge in [0.05, 0.1) is 17.5 Å². The Bertz CT molecular complexity index is 324. The van der Waals surface area contributed by atoms with Gasteiger partial charge < -0.3 is 5.73 Å². The minimum atomic E-state index is -1.04. The van der Waals surface area contributed by atoms with E-state index in [0.717, 1.165) is 0 Å². The minimum Gasteiger partial charge on any atom is -0.309 e. The maximum Gasteiger partial charge on any atom is 0.145 e. The molecule has 4 heteroatoms. The molecule has 2 N–H and O–H groups in total. The molecule has 0 aliphatic carbocycles. The summed E-state index contributed by atoms with van der Waals surface area (Å²) in [5.41, 5.74) is 5.86. The largest absolute Gasteiger partial charge is 0.309 e.